The number of fused-ring (bicyclic) bond motifs is 14. The Morgan fingerprint density at radius 1 is 0.175 bits per heavy atom. The standard InChI is InChI=1S/C118H74N4O3S/c1-6-27-75(28-7-1)91-39-16-20-45-106(91)120(83-35-12-4-13-36-83)89-56-61-95-105-67-81-52-55-87(70-101(81)99-44-26-49-112(118(99)105)124-113(95)73-89)122(88-59-64-116-103(72-88)97-42-19-23-50-115(97)126-116)107-46-21-17-40-92(107)79-32-24-31-77(65-79)78-53-60-93(76-29-8-2-9-30-76)108(68-78)121(84-37-14-5-15-38-84)90-57-62-96-104-66-80-51-54-85(69-100(80)98-43-25-48-111(117(98)104)125-114(96)74-90)119(82-33-10-3-11-34-82)86-58-63-110-102(71-86)94-41-18-22-47-109(94)123-110/h1-74H. The molecule has 590 valence electrons. The average Bonchev–Trinajstić information content (AvgIpc) is 1.02. The van der Waals surface area contributed by atoms with Crippen molar-refractivity contribution >= 4 is 165 Å². The molecule has 4 heterocycles. The van der Waals surface area contributed by atoms with Gasteiger partial charge in [-0.2, -0.15) is 0 Å². The first-order valence-corrected chi connectivity index (χ1v) is 43.6. The van der Waals surface area contributed by atoms with Gasteiger partial charge in [-0.25, -0.2) is 0 Å². The summed E-state index contributed by atoms with van der Waals surface area (Å²) in [5, 5.41) is 13.6. The zero-order chi connectivity index (χ0) is 82.9. The molecule has 0 aliphatic carbocycles. The lowest BCUT2D eigenvalue weighted by Crippen LogP contribution is -2.12. The fourth-order valence-electron chi connectivity index (χ4n) is 19.6. The van der Waals surface area contributed by atoms with Crippen molar-refractivity contribution in [1.29, 1.82) is 0 Å². The molecular formula is C118H74N4O3S. The average molecular weight is 1630 g/mol. The van der Waals surface area contributed by atoms with Crippen molar-refractivity contribution in [2.24, 2.45) is 0 Å². The molecule has 2 aliphatic heterocycles. The molecule has 23 aromatic rings. The Morgan fingerprint density at radius 2 is 0.563 bits per heavy atom. The van der Waals surface area contributed by atoms with E-state index in [9.17, 15) is 0 Å². The van der Waals surface area contributed by atoms with Crippen LogP contribution in [0.2, 0.25) is 0 Å². The van der Waals surface area contributed by atoms with Crippen LogP contribution in [0.1, 0.15) is 0 Å². The van der Waals surface area contributed by atoms with Gasteiger partial charge >= 0.3 is 0 Å². The predicted molar refractivity (Wildman–Crippen MR) is 528 cm³/mol. The number of ether oxygens (including phenoxy) is 2. The highest BCUT2D eigenvalue weighted by Gasteiger charge is 2.31. The summed E-state index contributed by atoms with van der Waals surface area (Å²) >= 11 is 1.84. The first kappa shape index (κ1) is 72.3. The van der Waals surface area contributed by atoms with E-state index in [4.69, 9.17) is 13.9 Å². The number of hydrogen-bond acceptors (Lipinski definition) is 8. The summed E-state index contributed by atoms with van der Waals surface area (Å²) < 4.78 is 23.3. The second kappa shape index (κ2) is 29.7. The number of nitrogens with zero attached hydrogens (tertiary/aromatic N) is 4. The summed E-state index contributed by atoms with van der Waals surface area (Å²) in [4.78, 5) is 9.56. The third-order valence-corrected chi connectivity index (χ3v) is 26.5. The van der Waals surface area contributed by atoms with Gasteiger partial charge in [0.15, 0.2) is 0 Å². The molecule has 0 radical (unpaired) electrons. The maximum atomic E-state index is 7.27. The molecule has 126 heavy (non-hydrogen) atoms. The van der Waals surface area contributed by atoms with Crippen LogP contribution in [-0.4, -0.2) is 0 Å². The monoisotopic (exact) mass is 1630 g/mol. The fourth-order valence-corrected chi connectivity index (χ4v) is 20.7. The van der Waals surface area contributed by atoms with E-state index in [1.165, 1.54) is 20.2 Å². The quantitative estimate of drug-likeness (QED) is 0.0893. The Kier molecular flexibility index (Phi) is 17.0. The van der Waals surface area contributed by atoms with E-state index in [1.54, 1.807) is 0 Å². The Bertz CT molecular complexity index is 8320. The molecule has 0 N–H and O–H groups in total. The molecule has 8 heteroatoms. The van der Waals surface area contributed by atoms with Crippen LogP contribution in [0.5, 0.6) is 23.0 Å². The minimum atomic E-state index is 0.785. The zero-order valence-electron chi connectivity index (χ0n) is 68.1. The van der Waals surface area contributed by atoms with Gasteiger partial charge in [-0.05, 0) is 253 Å². The number of hydrogen-bond donors (Lipinski definition) is 0. The van der Waals surface area contributed by atoms with Gasteiger partial charge in [0.2, 0.25) is 0 Å². The lowest BCUT2D eigenvalue weighted by atomic mass is 9.90. The highest BCUT2D eigenvalue weighted by atomic mass is 32.1. The fraction of sp³-hybridized carbons (Fsp3) is 0. The van der Waals surface area contributed by atoms with Crippen molar-refractivity contribution in [3.05, 3.63) is 449 Å². The van der Waals surface area contributed by atoms with Gasteiger partial charge in [-0.1, -0.05) is 255 Å². The number of rotatable bonds is 16. The topological polar surface area (TPSA) is 44.6 Å². The van der Waals surface area contributed by atoms with Gasteiger partial charge in [-0.3, -0.25) is 0 Å². The van der Waals surface area contributed by atoms with Crippen LogP contribution in [0.25, 0.3) is 152 Å². The van der Waals surface area contributed by atoms with Crippen LogP contribution < -0.4 is 29.1 Å². The minimum Gasteiger partial charge on any atom is -0.456 e. The Hall–Kier alpha value is -16.5. The second-order valence-corrected chi connectivity index (χ2v) is 33.7. The molecule has 0 atom stereocenters. The summed E-state index contributed by atoms with van der Waals surface area (Å²) in [6.07, 6.45) is 0. The molecule has 0 bridgehead atoms. The van der Waals surface area contributed by atoms with Crippen LogP contribution in [0.4, 0.5) is 68.2 Å². The van der Waals surface area contributed by atoms with E-state index in [2.05, 4.69) is 456 Å². The highest BCUT2D eigenvalue weighted by molar-refractivity contribution is 7.25. The lowest BCUT2D eigenvalue weighted by molar-refractivity contribution is 0.487. The normalized spacial score (nSPS) is 11.9. The van der Waals surface area contributed by atoms with E-state index in [1.807, 2.05) is 23.5 Å². The Labute approximate surface area is 731 Å². The van der Waals surface area contributed by atoms with Crippen LogP contribution in [0.3, 0.4) is 0 Å². The van der Waals surface area contributed by atoms with E-state index >= 15 is 0 Å². The molecule has 0 fully saturated rings. The molecule has 21 aromatic carbocycles. The van der Waals surface area contributed by atoms with Crippen LogP contribution >= 0.6 is 11.3 Å². The number of furan rings is 1. The third kappa shape index (κ3) is 12.2. The van der Waals surface area contributed by atoms with Crippen molar-refractivity contribution < 1.29 is 13.9 Å². The van der Waals surface area contributed by atoms with E-state index in [-0.39, 0.29) is 0 Å². The summed E-state index contributed by atoms with van der Waals surface area (Å²) in [6, 6.07) is 163. The van der Waals surface area contributed by atoms with E-state index in [0.29, 0.717) is 0 Å². The highest BCUT2D eigenvalue weighted by Crippen LogP contribution is 2.57. The first-order chi connectivity index (χ1) is 62.4. The van der Waals surface area contributed by atoms with E-state index < -0.39 is 0 Å². The summed E-state index contributed by atoms with van der Waals surface area (Å²) in [5.41, 5.74) is 27.3. The maximum Gasteiger partial charge on any atom is 0.137 e. The second-order valence-electron chi connectivity index (χ2n) is 32.6. The molecule has 0 saturated carbocycles. The maximum absolute atomic E-state index is 7.27. The molecule has 7 nitrogen and oxygen atoms in total. The van der Waals surface area contributed by atoms with Crippen LogP contribution in [-0.2, 0) is 0 Å². The van der Waals surface area contributed by atoms with Gasteiger partial charge in [-0.15, -0.1) is 11.3 Å². The minimum absolute atomic E-state index is 0.785. The first-order valence-electron chi connectivity index (χ1n) is 42.8. The van der Waals surface area contributed by atoms with Crippen molar-refractivity contribution in [3.8, 4) is 89.8 Å². The Balaban J connectivity index is 0.590. The Morgan fingerprint density at radius 3 is 1.17 bits per heavy atom. The van der Waals surface area contributed by atoms with Crippen molar-refractivity contribution in [3.63, 3.8) is 0 Å². The van der Waals surface area contributed by atoms with Crippen molar-refractivity contribution in [1.82, 2.24) is 0 Å². The van der Waals surface area contributed by atoms with Crippen LogP contribution in [0.15, 0.2) is 453 Å². The molecule has 2 aromatic heterocycles. The smallest absolute Gasteiger partial charge is 0.137 e. The zero-order valence-corrected chi connectivity index (χ0v) is 69.0. The number of thiophene rings is 1. The van der Waals surface area contributed by atoms with E-state index in [0.717, 1.165) is 223 Å². The van der Waals surface area contributed by atoms with Gasteiger partial charge in [0.05, 0.1) is 17.1 Å². The van der Waals surface area contributed by atoms with Crippen molar-refractivity contribution in [2.45, 2.75) is 0 Å². The number of para-hydroxylation sites is 6. The summed E-state index contributed by atoms with van der Waals surface area (Å²) in [6.45, 7) is 0. The lowest BCUT2D eigenvalue weighted by Gasteiger charge is -2.30. The van der Waals surface area contributed by atoms with Gasteiger partial charge < -0.3 is 33.5 Å². The SMILES string of the molecule is c1ccc(-c2ccccc2N(c2ccccc2)c2ccc3c(c2)Oc2cccc4c2c-3cc2ccc(N(c3ccc5sc6ccccc6c5c3)c3ccccc3-c3cccc(-c5ccc(-c6ccccc6)c(N(c6ccccc6)c6ccc7c(c6)Oc6cccc8c6c-7cc6ccc(N(c7ccccc7)c7ccc9oc%10ccccc%10c9c7)cc68)c5)c3)cc24)cc1. The van der Waals surface area contributed by atoms with Gasteiger partial charge in [0.25, 0.3) is 0 Å². The number of anilines is 12. The molecule has 0 amide bonds. The third-order valence-electron chi connectivity index (χ3n) is 25.3. The number of benzene rings is 21. The summed E-state index contributed by atoms with van der Waals surface area (Å²) in [5.74, 6) is 3.24. The van der Waals surface area contributed by atoms with Crippen LogP contribution in [0, 0.1) is 0 Å². The molecule has 0 saturated heterocycles. The summed E-state index contributed by atoms with van der Waals surface area (Å²) in [7, 11) is 0. The molecule has 2 aliphatic rings. The largest absolute Gasteiger partial charge is 0.456 e. The van der Waals surface area contributed by atoms with Gasteiger partial charge in [0, 0.05) is 133 Å². The molecule has 25 rings (SSSR count). The predicted octanol–water partition coefficient (Wildman–Crippen LogP) is 34.7. The van der Waals surface area contributed by atoms with Gasteiger partial charge in [0.1, 0.15) is 34.2 Å². The molecule has 0 unspecified atom stereocenters. The molecule has 0 spiro atoms. The van der Waals surface area contributed by atoms with Crippen molar-refractivity contribution in [2.75, 3.05) is 19.6 Å². The molecular weight excluding hydrogens is 1550 g/mol.